The van der Waals surface area contributed by atoms with E-state index in [1.165, 1.54) is 83.5 Å². The maximum Gasteiger partial charge on any atom is 0.0280 e. The molecule has 0 aromatic carbocycles. The van der Waals surface area contributed by atoms with Crippen molar-refractivity contribution < 1.29 is 0 Å². The molecule has 2 aliphatic heterocycles. The molecule has 0 aromatic heterocycles. The predicted molar refractivity (Wildman–Crippen MR) is 89.1 cm³/mol. The minimum Gasteiger partial charge on any atom is -0.297 e. The van der Waals surface area contributed by atoms with E-state index >= 15 is 0 Å². The molecule has 2 heterocycles. The second kappa shape index (κ2) is 8.87. The zero-order valence-electron chi connectivity index (χ0n) is 13.9. The number of likely N-dealkylation sites (N-methyl/N-ethyl adjacent to an activating group) is 1. The Morgan fingerprint density at radius 3 is 2.40 bits per heavy atom. The molecule has 0 saturated carbocycles. The molecular formula is C19H35N. The quantitative estimate of drug-likeness (QED) is 0.386. The number of fused-ring (bicyclic) bond motifs is 2. The van der Waals surface area contributed by atoms with Gasteiger partial charge in [0, 0.05) is 12.1 Å². The SMILES string of the molecule is CCCCCCCCCCC1=CC2CCCC(C1)N2C. The normalized spacial score (nSPS) is 26.6. The van der Waals surface area contributed by atoms with Crippen molar-refractivity contribution in [3.05, 3.63) is 11.6 Å². The van der Waals surface area contributed by atoms with Gasteiger partial charge in [0.15, 0.2) is 0 Å². The maximum absolute atomic E-state index is 2.63. The molecule has 0 aliphatic carbocycles. The molecule has 0 N–H and O–H groups in total. The van der Waals surface area contributed by atoms with Gasteiger partial charge < -0.3 is 0 Å². The molecule has 2 rings (SSSR count). The summed E-state index contributed by atoms with van der Waals surface area (Å²) in [5, 5.41) is 0. The van der Waals surface area contributed by atoms with Crippen LogP contribution in [0.3, 0.4) is 0 Å². The van der Waals surface area contributed by atoms with Crippen LogP contribution in [-0.2, 0) is 0 Å². The lowest BCUT2D eigenvalue weighted by molar-refractivity contribution is 0.128. The lowest BCUT2D eigenvalue weighted by atomic mass is 9.84. The second-order valence-corrected chi connectivity index (χ2v) is 7.07. The van der Waals surface area contributed by atoms with Crippen molar-refractivity contribution in [1.29, 1.82) is 0 Å². The fraction of sp³-hybridized carbons (Fsp3) is 0.895. The summed E-state index contributed by atoms with van der Waals surface area (Å²) >= 11 is 0. The number of unbranched alkanes of at least 4 members (excludes halogenated alkanes) is 7. The van der Waals surface area contributed by atoms with Crippen molar-refractivity contribution >= 4 is 0 Å². The summed E-state index contributed by atoms with van der Waals surface area (Å²) in [6.07, 6.45) is 21.2. The first-order chi connectivity index (χ1) is 9.81. The van der Waals surface area contributed by atoms with Gasteiger partial charge in [-0.1, -0.05) is 69.9 Å². The Morgan fingerprint density at radius 2 is 1.70 bits per heavy atom. The summed E-state index contributed by atoms with van der Waals surface area (Å²) in [5.74, 6) is 0. The van der Waals surface area contributed by atoms with Gasteiger partial charge in [0.1, 0.15) is 0 Å². The number of hydrogen-bond donors (Lipinski definition) is 0. The molecule has 2 unspecified atom stereocenters. The summed E-state index contributed by atoms with van der Waals surface area (Å²) in [6, 6.07) is 1.63. The van der Waals surface area contributed by atoms with Crippen molar-refractivity contribution in [2.45, 2.75) is 102 Å². The minimum atomic E-state index is 0.770. The number of nitrogens with zero attached hydrogens (tertiary/aromatic N) is 1. The molecule has 1 fully saturated rings. The van der Waals surface area contributed by atoms with E-state index in [-0.39, 0.29) is 0 Å². The van der Waals surface area contributed by atoms with Gasteiger partial charge in [-0.2, -0.15) is 0 Å². The predicted octanol–water partition coefficient (Wildman–Crippen LogP) is 5.70. The third kappa shape index (κ3) is 4.91. The van der Waals surface area contributed by atoms with E-state index in [9.17, 15) is 0 Å². The molecule has 0 aromatic rings. The number of piperidine rings is 1. The molecule has 1 heteroatoms. The highest BCUT2D eigenvalue weighted by Crippen LogP contribution is 2.33. The van der Waals surface area contributed by atoms with Gasteiger partial charge in [0.2, 0.25) is 0 Å². The van der Waals surface area contributed by atoms with Crippen LogP contribution in [-0.4, -0.2) is 24.0 Å². The van der Waals surface area contributed by atoms with Crippen molar-refractivity contribution in [3.8, 4) is 0 Å². The van der Waals surface area contributed by atoms with E-state index in [1.807, 2.05) is 0 Å². The first kappa shape index (κ1) is 16.1. The van der Waals surface area contributed by atoms with Crippen LogP contribution in [0.25, 0.3) is 0 Å². The summed E-state index contributed by atoms with van der Waals surface area (Å²) in [5.41, 5.74) is 1.78. The average Bonchev–Trinajstić information content (AvgIpc) is 2.42. The zero-order valence-corrected chi connectivity index (χ0v) is 13.9. The molecule has 1 nitrogen and oxygen atoms in total. The molecule has 0 spiro atoms. The fourth-order valence-corrected chi connectivity index (χ4v) is 4.00. The smallest absolute Gasteiger partial charge is 0.0280 e. The van der Waals surface area contributed by atoms with Crippen LogP contribution < -0.4 is 0 Å². The monoisotopic (exact) mass is 277 g/mol. The Labute approximate surface area is 126 Å². The van der Waals surface area contributed by atoms with Crippen molar-refractivity contribution in [2.24, 2.45) is 0 Å². The topological polar surface area (TPSA) is 3.24 Å². The molecule has 0 amide bonds. The Kier molecular flexibility index (Phi) is 7.13. The van der Waals surface area contributed by atoms with Crippen LogP contribution in [0.15, 0.2) is 11.6 Å². The van der Waals surface area contributed by atoms with Gasteiger partial charge in [-0.15, -0.1) is 0 Å². The Morgan fingerprint density at radius 1 is 1.00 bits per heavy atom. The van der Waals surface area contributed by atoms with Crippen LogP contribution >= 0.6 is 0 Å². The first-order valence-electron chi connectivity index (χ1n) is 9.22. The standard InChI is InChI=1S/C19H35N/c1-3-4-5-6-7-8-9-10-12-17-15-18-13-11-14-19(16-17)20(18)2/h15,18-19H,3-14,16H2,1-2H3. The van der Waals surface area contributed by atoms with E-state index in [4.69, 9.17) is 0 Å². The van der Waals surface area contributed by atoms with E-state index < -0.39 is 0 Å². The van der Waals surface area contributed by atoms with Gasteiger partial charge in [0.05, 0.1) is 0 Å². The molecule has 20 heavy (non-hydrogen) atoms. The second-order valence-electron chi connectivity index (χ2n) is 7.07. The maximum atomic E-state index is 2.63. The van der Waals surface area contributed by atoms with Gasteiger partial charge >= 0.3 is 0 Å². The molecule has 2 bridgehead atoms. The van der Waals surface area contributed by atoms with Crippen LogP contribution in [0.5, 0.6) is 0 Å². The molecule has 0 radical (unpaired) electrons. The summed E-state index contributed by atoms with van der Waals surface area (Å²) in [7, 11) is 2.33. The Hall–Kier alpha value is -0.300. The third-order valence-corrected chi connectivity index (χ3v) is 5.41. The fourth-order valence-electron chi connectivity index (χ4n) is 4.00. The van der Waals surface area contributed by atoms with Crippen LogP contribution in [0.1, 0.15) is 90.4 Å². The minimum absolute atomic E-state index is 0.770. The molecule has 2 aliphatic rings. The van der Waals surface area contributed by atoms with Crippen molar-refractivity contribution in [2.75, 3.05) is 7.05 Å². The van der Waals surface area contributed by atoms with E-state index in [0.717, 1.165) is 12.1 Å². The van der Waals surface area contributed by atoms with Crippen molar-refractivity contribution in [3.63, 3.8) is 0 Å². The molecule has 116 valence electrons. The lowest BCUT2D eigenvalue weighted by Crippen LogP contribution is -2.45. The highest BCUT2D eigenvalue weighted by Gasteiger charge is 2.30. The molecule has 1 saturated heterocycles. The average molecular weight is 277 g/mol. The summed E-state index contributed by atoms with van der Waals surface area (Å²) < 4.78 is 0. The molecule has 2 atom stereocenters. The van der Waals surface area contributed by atoms with Crippen LogP contribution in [0.4, 0.5) is 0 Å². The Bertz CT molecular complexity index is 294. The largest absolute Gasteiger partial charge is 0.297 e. The van der Waals surface area contributed by atoms with Crippen LogP contribution in [0, 0.1) is 0 Å². The lowest BCUT2D eigenvalue weighted by Gasteiger charge is -2.42. The Balaban J connectivity index is 1.56. The van der Waals surface area contributed by atoms with Gasteiger partial charge in [-0.3, -0.25) is 4.90 Å². The number of hydrogen-bond acceptors (Lipinski definition) is 1. The van der Waals surface area contributed by atoms with Crippen LogP contribution in [0.2, 0.25) is 0 Å². The van der Waals surface area contributed by atoms with Crippen molar-refractivity contribution in [1.82, 2.24) is 4.90 Å². The van der Waals surface area contributed by atoms with E-state index in [1.54, 1.807) is 5.57 Å². The highest BCUT2D eigenvalue weighted by molar-refractivity contribution is 5.15. The third-order valence-electron chi connectivity index (χ3n) is 5.41. The van der Waals surface area contributed by atoms with E-state index in [0.29, 0.717) is 0 Å². The van der Waals surface area contributed by atoms with Gasteiger partial charge in [-0.25, -0.2) is 0 Å². The first-order valence-corrected chi connectivity index (χ1v) is 9.22. The highest BCUT2D eigenvalue weighted by atomic mass is 15.2. The zero-order chi connectivity index (χ0) is 14.2. The van der Waals surface area contributed by atoms with Gasteiger partial charge in [-0.05, 0) is 39.2 Å². The molecular weight excluding hydrogens is 242 g/mol. The summed E-state index contributed by atoms with van der Waals surface area (Å²) in [6.45, 7) is 2.30. The summed E-state index contributed by atoms with van der Waals surface area (Å²) in [4.78, 5) is 2.63. The van der Waals surface area contributed by atoms with E-state index in [2.05, 4.69) is 24.9 Å². The number of rotatable bonds is 9. The van der Waals surface area contributed by atoms with Gasteiger partial charge in [0.25, 0.3) is 0 Å².